The number of ether oxygens (including phenoxy) is 1. The van der Waals surface area contributed by atoms with Crippen LogP contribution in [0.25, 0.3) is 15.9 Å². The van der Waals surface area contributed by atoms with E-state index in [1.165, 1.54) is 11.3 Å². The predicted octanol–water partition coefficient (Wildman–Crippen LogP) is 4.74. The number of aryl methyl sites for hydroxylation is 1. The van der Waals surface area contributed by atoms with Gasteiger partial charge in [0.15, 0.2) is 11.7 Å². The average molecular weight is 390 g/mol. The van der Waals surface area contributed by atoms with Crippen LogP contribution in [-0.4, -0.2) is 27.9 Å². The van der Waals surface area contributed by atoms with Crippen molar-refractivity contribution in [2.24, 2.45) is 0 Å². The van der Waals surface area contributed by atoms with E-state index < -0.39 is 5.97 Å². The molecule has 140 valence electrons. The van der Waals surface area contributed by atoms with E-state index in [9.17, 15) is 9.59 Å². The van der Waals surface area contributed by atoms with Crippen LogP contribution in [-0.2, 0) is 4.74 Å². The van der Waals surface area contributed by atoms with Gasteiger partial charge in [-0.1, -0.05) is 36.4 Å². The quantitative estimate of drug-likeness (QED) is 0.365. The number of hydrogen-bond acceptors (Lipinski definition) is 5. The number of benzene rings is 2. The molecule has 0 radical (unpaired) electrons. The summed E-state index contributed by atoms with van der Waals surface area (Å²) in [6, 6.07) is 14.9. The Morgan fingerprint density at radius 1 is 1.07 bits per heavy atom. The Morgan fingerprint density at radius 3 is 2.64 bits per heavy atom. The molecule has 6 heteroatoms. The standard InChI is InChI=1S/C22H18N2O3S/c1-14-12-19(15(2)24(14)22-23-10-11-28-22)20(25)13-27-21(26)18-9-5-7-16-6-3-4-8-17(16)18/h3-12H,13H2,1-2H3. The maximum Gasteiger partial charge on any atom is 0.339 e. The summed E-state index contributed by atoms with van der Waals surface area (Å²) in [4.78, 5) is 29.6. The third kappa shape index (κ3) is 3.23. The first kappa shape index (κ1) is 18.1. The Balaban J connectivity index is 1.53. The lowest BCUT2D eigenvalue weighted by molar-refractivity contribution is 0.0476. The first-order valence-electron chi connectivity index (χ1n) is 8.83. The molecule has 5 nitrogen and oxygen atoms in total. The molecule has 0 saturated carbocycles. The Bertz CT molecular complexity index is 1170. The highest BCUT2D eigenvalue weighted by atomic mass is 32.1. The zero-order chi connectivity index (χ0) is 19.7. The number of esters is 1. The second-order valence-corrected chi connectivity index (χ2v) is 7.33. The number of nitrogens with zero attached hydrogens (tertiary/aromatic N) is 2. The first-order valence-corrected chi connectivity index (χ1v) is 9.71. The van der Waals surface area contributed by atoms with Crippen molar-refractivity contribution in [3.8, 4) is 5.13 Å². The van der Waals surface area contributed by atoms with E-state index in [1.54, 1.807) is 12.3 Å². The number of Topliss-reactive ketones (excluding diaryl/α,β-unsaturated/α-hetero) is 1. The third-order valence-corrected chi connectivity index (χ3v) is 5.44. The highest BCUT2D eigenvalue weighted by Gasteiger charge is 2.20. The Morgan fingerprint density at radius 2 is 1.86 bits per heavy atom. The number of carbonyl (C=O) groups excluding carboxylic acids is 2. The minimum absolute atomic E-state index is 0.232. The molecule has 0 N–H and O–H groups in total. The van der Waals surface area contributed by atoms with Crippen LogP contribution in [0.4, 0.5) is 0 Å². The lowest BCUT2D eigenvalue weighted by Gasteiger charge is -2.08. The van der Waals surface area contributed by atoms with Crippen LogP contribution in [0.3, 0.4) is 0 Å². The monoisotopic (exact) mass is 390 g/mol. The fourth-order valence-corrected chi connectivity index (χ4v) is 4.11. The highest BCUT2D eigenvalue weighted by molar-refractivity contribution is 7.12. The Kier molecular flexibility index (Phi) is 4.79. The SMILES string of the molecule is Cc1cc(C(=O)COC(=O)c2cccc3ccccc23)c(C)n1-c1nccs1. The molecule has 0 aliphatic rings. The molecule has 4 rings (SSSR count). The lowest BCUT2D eigenvalue weighted by Crippen LogP contribution is -2.15. The number of fused-ring (bicyclic) bond motifs is 1. The van der Waals surface area contributed by atoms with Gasteiger partial charge in [0.05, 0.1) is 5.56 Å². The Labute approximate surface area is 166 Å². The summed E-state index contributed by atoms with van der Waals surface area (Å²) in [5, 5.41) is 4.46. The molecule has 0 spiro atoms. The van der Waals surface area contributed by atoms with Crippen molar-refractivity contribution in [2.75, 3.05) is 6.61 Å². The van der Waals surface area contributed by atoms with Crippen molar-refractivity contribution in [3.63, 3.8) is 0 Å². The smallest absolute Gasteiger partial charge is 0.339 e. The van der Waals surface area contributed by atoms with Gasteiger partial charge in [0.1, 0.15) is 0 Å². The average Bonchev–Trinajstić information content (AvgIpc) is 3.33. The molecule has 0 amide bonds. The molecular formula is C22H18N2O3S. The van der Waals surface area contributed by atoms with Gasteiger partial charge >= 0.3 is 5.97 Å². The van der Waals surface area contributed by atoms with Crippen LogP contribution in [0.15, 0.2) is 60.1 Å². The van der Waals surface area contributed by atoms with Crippen LogP contribution in [0.5, 0.6) is 0 Å². The van der Waals surface area contributed by atoms with Crippen molar-refractivity contribution >= 4 is 33.9 Å². The second kappa shape index (κ2) is 7.40. The maximum atomic E-state index is 12.7. The summed E-state index contributed by atoms with van der Waals surface area (Å²) >= 11 is 1.50. The molecule has 0 aliphatic heterocycles. The molecule has 2 heterocycles. The van der Waals surface area contributed by atoms with E-state index >= 15 is 0 Å². The van der Waals surface area contributed by atoms with E-state index in [-0.39, 0.29) is 12.4 Å². The minimum atomic E-state index is -0.501. The van der Waals surface area contributed by atoms with Crippen LogP contribution >= 0.6 is 11.3 Å². The van der Waals surface area contributed by atoms with E-state index in [1.807, 2.05) is 66.3 Å². The van der Waals surface area contributed by atoms with Gasteiger partial charge in [-0.2, -0.15) is 0 Å². The number of aromatic nitrogens is 2. The minimum Gasteiger partial charge on any atom is -0.454 e. The molecule has 0 unspecified atom stereocenters. The topological polar surface area (TPSA) is 61.2 Å². The third-order valence-electron chi connectivity index (χ3n) is 4.69. The molecular weight excluding hydrogens is 372 g/mol. The molecule has 0 saturated heterocycles. The van der Waals surface area contributed by atoms with E-state index in [0.717, 1.165) is 27.3 Å². The number of ketones is 1. The maximum absolute atomic E-state index is 12.7. The van der Waals surface area contributed by atoms with Gasteiger partial charge in [-0.05, 0) is 36.8 Å². The molecule has 0 fully saturated rings. The van der Waals surface area contributed by atoms with Crippen molar-refractivity contribution < 1.29 is 14.3 Å². The Hall–Kier alpha value is -3.25. The van der Waals surface area contributed by atoms with Crippen molar-refractivity contribution in [2.45, 2.75) is 13.8 Å². The van der Waals surface area contributed by atoms with E-state index in [0.29, 0.717) is 11.1 Å². The first-order chi connectivity index (χ1) is 13.6. The van der Waals surface area contributed by atoms with Gasteiger partial charge in [0, 0.05) is 28.5 Å². The van der Waals surface area contributed by atoms with Gasteiger partial charge in [-0.3, -0.25) is 9.36 Å². The van der Waals surface area contributed by atoms with Crippen LogP contribution < -0.4 is 0 Å². The van der Waals surface area contributed by atoms with Crippen molar-refractivity contribution in [1.29, 1.82) is 0 Å². The van der Waals surface area contributed by atoms with Gasteiger partial charge < -0.3 is 4.74 Å². The highest BCUT2D eigenvalue weighted by Crippen LogP contribution is 2.23. The van der Waals surface area contributed by atoms with Gasteiger partial charge in [-0.25, -0.2) is 9.78 Å². The fourth-order valence-electron chi connectivity index (χ4n) is 3.36. The number of hydrogen-bond donors (Lipinski definition) is 0. The number of thiazole rings is 1. The molecule has 0 bridgehead atoms. The molecule has 4 aromatic rings. The second-order valence-electron chi connectivity index (χ2n) is 6.46. The summed E-state index contributed by atoms with van der Waals surface area (Å²) in [6.07, 6.45) is 1.73. The van der Waals surface area contributed by atoms with Crippen molar-refractivity contribution in [3.05, 3.63) is 82.6 Å². The lowest BCUT2D eigenvalue weighted by atomic mass is 10.0. The summed E-state index contributed by atoms with van der Waals surface area (Å²) in [6.45, 7) is 3.49. The van der Waals surface area contributed by atoms with E-state index in [2.05, 4.69) is 4.98 Å². The molecule has 2 aromatic heterocycles. The zero-order valence-corrected chi connectivity index (χ0v) is 16.3. The summed E-state index contributed by atoms with van der Waals surface area (Å²) < 4.78 is 7.27. The molecule has 2 aromatic carbocycles. The van der Waals surface area contributed by atoms with Gasteiger partial charge in [0.2, 0.25) is 5.78 Å². The summed E-state index contributed by atoms with van der Waals surface area (Å²) in [7, 11) is 0. The number of carbonyl (C=O) groups is 2. The van der Waals surface area contributed by atoms with E-state index in [4.69, 9.17) is 4.74 Å². The van der Waals surface area contributed by atoms with Crippen LogP contribution in [0.2, 0.25) is 0 Å². The largest absolute Gasteiger partial charge is 0.454 e. The fraction of sp³-hybridized carbons (Fsp3) is 0.136. The van der Waals surface area contributed by atoms with Gasteiger partial charge in [-0.15, -0.1) is 11.3 Å². The van der Waals surface area contributed by atoms with Crippen molar-refractivity contribution in [1.82, 2.24) is 9.55 Å². The predicted molar refractivity (Wildman–Crippen MR) is 109 cm³/mol. The van der Waals surface area contributed by atoms with Gasteiger partial charge in [0.25, 0.3) is 0 Å². The molecule has 0 atom stereocenters. The van der Waals surface area contributed by atoms with Crippen LogP contribution in [0, 0.1) is 13.8 Å². The summed E-state index contributed by atoms with van der Waals surface area (Å²) in [5.41, 5.74) is 2.70. The normalized spacial score (nSPS) is 10.9. The number of rotatable bonds is 5. The molecule has 0 aliphatic carbocycles. The zero-order valence-electron chi connectivity index (χ0n) is 15.5. The van der Waals surface area contributed by atoms with Crippen LogP contribution in [0.1, 0.15) is 32.1 Å². The summed E-state index contributed by atoms with van der Waals surface area (Å²) in [5.74, 6) is -0.733. The molecule has 28 heavy (non-hydrogen) atoms.